The fourth-order valence-corrected chi connectivity index (χ4v) is 1.68. The van der Waals surface area contributed by atoms with E-state index in [-0.39, 0.29) is 0 Å². The van der Waals surface area contributed by atoms with Crippen molar-refractivity contribution >= 4 is 17.3 Å². The monoisotopic (exact) mass is 229 g/mol. The summed E-state index contributed by atoms with van der Waals surface area (Å²) in [7, 11) is 3.30. The van der Waals surface area contributed by atoms with E-state index in [9.17, 15) is 0 Å². The smallest absolute Gasteiger partial charge is 0.145 e. The molecule has 0 bridgehead atoms. The van der Waals surface area contributed by atoms with Crippen molar-refractivity contribution in [3.63, 3.8) is 0 Å². The van der Waals surface area contributed by atoms with Crippen LogP contribution in [0.3, 0.4) is 0 Å². The second-order valence-electron chi connectivity index (χ2n) is 3.22. The van der Waals surface area contributed by atoms with Crippen molar-refractivity contribution in [2.24, 2.45) is 0 Å². The quantitative estimate of drug-likeness (QED) is 0.636. The van der Waals surface area contributed by atoms with Crippen molar-refractivity contribution < 1.29 is 9.47 Å². The molecule has 0 spiro atoms. The van der Waals surface area contributed by atoms with Crippen LogP contribution in [0.25, 0.3) is 0 Å². The zero-order chi connectivity index (χ0) is 11.4. The molecule has 3 nitrogen and oxygen atoms in total. The third-order valence-electron chi connectivity index (χ3n) is 2.47. The minimum absolute atomic E-state index is 0.335. The van der Waals surface area contributed by atoms with E-state index >= 15 is 0 Å². The number of hydrogen-bond acceptors (Lipinski definition) is 3. The van der Waals surface area contributed by atoms with Gasteiger partial charge in [-0.15, -0.1) is 11.6 Å². The Balaban J connectivity index is 3.30. The maximum absolute atomic E-state index is 5.65. The van der Waals surface area contributed by atoms with E-state index in [2.05, 4.69) is 5.32 Å². The van der Waals surface area contributed by atoms with Gasteiger partial charge >= 0.3 is 0 Å². The van der Waals surface area contributed by atoms with Gasteiger partial charge in [0.15, 0.2) is 0 Å². The van der Waals surface area contributed by atoms with Gasteiger partial charge in [0.25, 0.3) is 0 Å². The Bertz CT molecular complexity index is 353. The highest BCUT2D eigenvalue weighted by molar-refractivity contribution is 6.18. The lowest BCUT2D eigenvalue weighted by atomic mass is 10.1. The summed E-state index contributed by atoms with van der Waals surface area (Å²) in [6, 6.07) is 2.23. The first-order valence-corrected chi connectivity index (χ1v) is 5.21. The summed E-state index contributed by atoms with van der Waals surface area (Å²) in [6.07, 6.45) is 0. The van der Waals surface area contributed by atoms with E-state index in [1.807, 2.05) is 19.9 Å². The minimum Gasteiger partial charge on any atom is -0.496 e. The number of nitrogens with one attached hydrogen (secondary N) is 1. The maximum Gasteiger partial charge on any atom is 0.145 e. The summed E-state index contributed by atoms with van der Waals surface area (Å²) < 4.78 is 10.6. The molecule has 0 radical (unpaired) electrons. The Kier molecular flexibility index (Phi) is 4.09. The van der Waals surface area contributed by atoms with Crippen LogP contribution in [0.2, 0.25) is 0 Å². The molecule has 4 heteroatoms. The molecule has 0 saturated carbocycles. The molecule has 0 heterocycles. The first kappa shape index (κ1) is 12.0. The summed E-state index contributed by atoms with van der Waals surface area (Å²) in [4.78, 5) is 0. The summed E-state index contributed by atoms with van der Waals surface area (Å²) >= 11 is 5.65. The average Bonchev–Trinajstić information content (AvgIpc) is 2.24. The van der Waals surface area contributed by atoms with Gasteiger partial charge < -0.3 is 14.8 Å². The van der Waals surface area contributed by atoms with Crippen molar-refractivity contribution in [3.8, 4) is 11.5 Å². The molecular weight excluding hydrogens is 214 g/mol. The van der Waals surface area contributed by atoms with Crippen LogP contribution in [0.4, 0.5) is 5.69 Å². The standard InChI is InChI=1S/C11H16ClNO2/c1-7-8(2)11(15-4)9(13-6-12)5-10(7)14-3/h5,13H,6H2,1-4H3. The van der Waals surface area contributed by atoms with Gasteiger partial charge in [-0.25, -0.2) is 0 Å². The number of halogens is 1. The molecule has 0 aromatic heterocycles. The number of alkyl halides is 1. The summed E-state index contributed by atoms with van der Waals surface area (Å²) in [5.74, 6) is 1.65. The minimum atomic E-state index is 0.335. The van der Waals surface area contributed by atoms with Gasteiger partial charge in [0.05, 0.1) is 25.9 Å². The molecule has 1 aromatic rings. The van der Waals surface area contributed by atoms with Crippen LogP contribution in [-0.4, -0.2) is 20.2 Å². The predicted molar refractivity (Wildman–Crippen MR) is 63.4 cm³/mol. The molecule has 0 unspecified atom stereocenters. The van der Waals surface area contributed by atoms with E-state index < -0.39 is 0 Å². The van der Waals surface area contributed by atoms with Crippen LogP contribution in [0.1, 0.15) is 11.1 Å². The number of ether oxygens (including phenoxy) is 2. The van der Waals surface area contributed by atoms with Gasteiger partial charge in [-0.2, -0.15) is 0 Å². The second-order valence-corrected chi connectivity index (χ2v) is 3.49. The van der Waals surface area contributed by atoms with Crippen molar-refractivity contribution in [2.45, 2.75) is 13.8 Å². The van der Waals surface area contributed by atoms with Crippen molar-refractivity contribution in [1.29, 1.82) is 0 Å². The number of hydrogen-bond donors (Lipinski definition) is 1. The molecule has 0 saturated heterocycles. The molecule has 1 aromatic carbocycles. The fraction of sp³-hybridized carbons (Fsp3) is 0.455. The van der Waals surface area contributed by atoms with E-state index in [4.69, 9.17) is 21.1 Å². The predicted octanol–water partition coefficient (Wildman–Crippen LogP) is 2.93. The Hall–Kier alpha value is -1.09. The van der Waals surface area contributed by atoms with Crippen LogP contribution < -0.4 is 14.8 Å². The van der Waals surface area contributed by atoms with Crippen LogP contribution >= 0.6 is 11.6 Å². The highest BCUT2D eigenvalue weighted by Gasteiger charge is 2.12. The molecule has 0 aliphatic carbocycles. The van der Waals surface area contributed by atoms with E-state index in [1.54, 1.807) is 14.2 Å². The lowest BCUT2D eigenvalue weighted by Gasteiger charge is -2.16. The third-order valence-corrected chi connectivity index (χ3v) is 2.61. The molecule has 0 amide bonds. The molecule has 0 fully saturated rings. The van der Waals surface area contributed by atoms with Crippen molar-refractivity contribution in [3.05, 3.63) is 17.2 Å². The molecule has 0 aliphatic rings. The van der Waals surface area contributed by atoms with Gasteiger partial charge in [0, 0.05) is 6.07 Å². The van der Waals surface area contributed by atoms with Crippen LogP contribution in [0.5, 0.6) is 11.5 Å². The van der Waals surface area contributed by atoms with Gasteiger partial charge in [-0.3, -0.25) is 0 Å². The number of rotatable bonds is 4. The summed E-state index contributed by atoms with van der Waals surface area (Å²) in [5.41, 5.74) is 2.99. The number of anilines is 1. The molecule has 0 atom stereocenters. The fourth-order valence-electron chi connectivity index (χ4n) is 1.54. The highest BCUT2D eigenvalue weighted by Crippen LogP contribution is 2.36. The molecule has 15 heavy (non-hydrogen) atoms. The second kappa shape index (κ2) is 5.12. The maximum atomic E-state index is 5.65. The average molecular weight is 230 g/mol. The topological polar surface area (TPSA) is 30.5 Å². The Morgan fingerprint density at radius 1 is 1.20 bits per heavy atom. The molecular formula is C11H16ClNO2. The number of methoxy groups -OCH3 is 2. The lowest BCUT2D eigenvalue weighted by Crippen LogP contribution is -2.02. The van der Waals surface area contributed by atoms with E-state index in [1.165, 1.54) is 0 Å². The molecule has 1 rings (SSSR count). The summed E-state index contributed by atoms with van der Waals surface area (Å²) in [5, 5.41) is 3.03. The van der Waals surface area contributed by atoms with Gasteiger partial charge in [0.2, 0.25) is 0 Å². The van der Waals surface area contributed by atoms with Crippen LogP contribution in [-0.2, 0) is 0 Å². The van der Waals surface area contributed by atoms with Crippen LogP contribution in [0, 0.1) is 13.8 Å². The normalized spacial score (nSPS) is 9.93. The zero-order valence-electron chi connectivity index (χ0n) is 9.48. The largest absolute Gasteiger partial charge is 0.496 e. The van der Waals surface area contributed by atoms with Gasteiger partial charge in [-0.05, 0) is 25.0 Å². The zero-order valence-corrected chi connectivity index (χ0v) is 10.2. The van der Waals surface area contributed by atoms with E-state index in [0.717, 1.165) is 28.3 Å². The third kappa shape index (κ3) is 2.29. The molecule has 0 aliphatic heterocycles. The van der Waals surface area contributed by atoms with E-state index in [0.29, 0.717) is 6.00 Å². The highest BCUT2D eigenvalue weighted by atomic mass is 35.5. The summed E-state index contributed by atoms with van der Waals surface area (Å²) in [6.45, 7) is 4.00. The Morgan fingerprint density at radius 2 is 1.87 bits per heavy atom. The van der Waals surface area contributed by atoms with Crippen LogP contribution in [0.15, 0.2) is 6.07 Å². The first-order valence-electron chi connectivity index (χ1n) is 4.67. The Morgan fingerprint density at radius 3 is 2.33 bits per heavy atom. The SMILES string of the molecule is COc1cc(NCCl)c(OC)c(C)c1C. The number of benzene rings is 1. The molecule has 1 N–H and O–H groups in total. The lowest BCUT2D eigenvalue weighted by molar-refractivity contribution is 0.399. The van der Waals surface area contributed by atoms with Gasteiger partial charge in [0.1, 0.15) is 11.5 Å². The van der Waals surface area contributed by atoms with Crippen molar-refractivity contribution in [1.82, 2.24) is 0 Å². The first-order chi connectivity index (χ1) is 7.15. The Labute approximate surface area is 95.3 Å². The van der Waals surface area contributed by atoms with Gasteiger partial charge in [-0.1, -0.05) is 0 Å². The molecule has 84 valence electrons. The van der Waals surface area contributed by atoms with Crippen molar-refractivity contribution in [2.75, 3.05) is 25.5 Å².